The van der Waals surface area contributed by atoms with E-state index in [1.807, 2.05) is 18.2 Å². The summed E-state index contributed by atoms with van der Waals surface area (Å²) in [6.07, 6.45) is -0.0329. The fourth-order valence-corrected chi connectivity index (χ4v) is 3.02. The van der Waals surface area contributed by atoms with Gasteiger partial charge in [0.05, 0.1) is 6.42 Å². The molecule has 0 amide bonds. The van der Waals surface area contributed by atoms with Crippen molar-refractivity contribution in [2.24, 2.45) is 5.73 Å². The van der Waals surface area contributed by atoms with Crippen molar-refractivity contribution in [2.75, 3.05) is 0 Å². The molecule has 0 spiro atoms. The monoisotopic (exact) mass is 249 g/mol. The molecule has 1 atom stereocenters. The number of carboxylic acid groups (broad SMARTS) is 1. The predicted octanol–water partition coefficient (Wildman–Crippen LogP) is 2.99. The maximum absolute atomic E-state index is 10.6. The lowest BCUT2D eigenvalue weighted by Crippen LogP contribution is -2.14. The second kappa shape index (κ2) is 4.47. The molecule has 0 saturated carbocycles. The largest absolute Gasteiger partial charge is 0.481 e. The van der Waals surface area contributed by atoms with Gasteiger partial charge in [0, 0.05) is 15.6 Å². The summed E-state index contributed by atoms with van der Waals surface area (Å²) in [5, 5.41) is 9.96. The molecule has 4 heteroatoms. The quantitative estimate of drug-likeness (QED) is 0.879. The van der Waals surface area contributed by atoms with E-state index < -0.39 is 12.0 Å². The average molecular weight is 249 g/mol. The topological polar surface area (TPSA) is 63.3 Å². The van der Waals surface area contributed by atoms with E-state index in [0.29, 0.717) is 0 Å². The number of rotatable bonds is 3. The Kier molecular flexibility index (Phi) is 3.17. The van der Waals surface area contributed by atoms with Crippen molar-refractivity contribution in [3.63, 3.8) is 0 Å². The fraction of sp³-hybridized carbons (Fsp3) is 0.308. The Bertz CT molecular complexity index is 574. The third-order valence-electron chi connectivity index (χ3n) is 3.02. The third kappa shape index (κ3) is 2.33. The summed E-state index contributed by atoms with van der Waals surface area (Å²) < 4.78 is 1.18. The van der Waals surface area contributed by atoms with Gasteiger partial charge in [-0.05, 0) is 36.4 Å². The summed E-state index contributed by atoms with van der Waals surface area (Å²) in [4.78, 5) is 11.9. The summed E-state index contributed by atoms with van der Waals surface area (Å²) in [5.41, 5.74) is 8.04. The van der Waals surface area contributed by atoms with E-state index in [1.165, 1.54) is 20.5 Å². The SMILES string of the molecule is Cc1sc2cc(C(N)CC(=O)O)ccc2c1C. The number of benzene rings is 1. The summed E-state index contributed by atoms with van der Waals surface area (Å²) in [6.45, 7) is 4.20. The molecule has 1 heterocycles. The fourth-order valence-electron chi connectivity index (χ4n) is 1.90. The molecule has 0 radical (unpaired) electrons. The van der Waals surface area contributed by atoms with Gasteiger partial charge >= 0.3 is 5.97 Å². The number of carbonyl (C=O) groups is 1. The van der Waals surface area contributed by atoms with Crippen LogP contribution in [0.25, 0.3) is 10.1 Å². The number of thiophene rings is 1. The summed E-state index contributed by atoms with van der Waals surface area (Å²) >= 11 is 1.73. The van der Waals surface area contributed by atoms with Crippen molar-refractivity contribution in [1.82, 2.24) is 0 Å². The van der Waals surface area contributed by atoms with Gasteiger partial charge in [0.2, 0.25) is 0 Å². The van der Waals surface area contributed by atoms with Crippen molar-refractivity contribution in [3.8, 4) is 0 Å². The van der Waals surface area contributed by atoms with Gasteiger partial charge in [0.1, 0.15) is 0 Å². The van der Waals surface area contributed by atoms with Crippen LogP contribution in [0.4, 0.5) is 0 Å². The molecule has 1 aromatic carbocycles. The maximum atomic E-state index is 10.6. The molecule has 0 saturated heterocycles. The molecule has 90 valence electrons. The first-order valence-electron chi connectivity index (χ1n) is 5.46. The molecule has 1 aromatic heterocycles. The van der Waals surface area contributed by atoms with E-state index in [2.05, 4.69) is 13.8 Å². The van der Waals surface area contributed by atoms with Crippen LogP contribution in [0.2, 0.25) is 0 Å². The van der Waals surface area contributed by atoms with E-state index >= 15 is 0 Å². The lowest BCUT2D eigenvalue weighted by molar-refractivity contribution is -0.137. The second-order valence-corrected chi connectivity index (χ2v) is 5.50. The third-order valence-corrected chi connectivity index (χ3v) is 4.19. The van der Waals surface area contributed by atoms with Crippen LogP contribution in [0.5, 0.6) is 0 Å². The number of aryl methyl sites for hydroxylation is 2. The number of hydrogen-bond donors (Lipinski definition) is 2. The van der Waals surface area contributed by atoms with E-state index in [1.54, 1.807) is 11.3 Å². The van der Waals surface area contributed by atoms with Gasteiger partial charge in [0.15, 0.2) is 0 Å². The number of aliphatic carboxylic acids is 1. The van der Waals surface area contributed by atoms with Crippen LogP contribution in [0, 0.1) is 13.8 Å². The van der Waals surface area contributed by atoms with Crippen molar-refractivity contribution in [2.45, 2.75) is 26.3 Å². The van der Waals surface area contributed by atoms with Crippen LogP contribution in [-0.2, 0) is 4.79 Å². The first kappa shape index (κ1) is 12.1. The summed E-state index contributed by atoms with van der Waals surface area (Å²) in [7, 11) is 0. The van der Waals surface area contributed by atoms with Crippen LogP contribution in [0.3, 0.4) is 0 Å². The van der Waals surface area contributed by atoms with Crippen LogP contribution in [0.1, 0.15) is 28.5 Å². The lowest BCUT2D eigenvalue weighted by atomic mass is 10.0. The Morgan fingerprint density at radius 1 is 1.47 bits per heavy atom. The van der Waals surface area contributed by atoms with Crippen molar-refractivity contribution >= 4 is 27.4 Å². The van der Waals surface area contributed by atoms with Crippen LogP contribution in [0.15, 0.2) is 18.2 Å². The van der Waals surface area contributed by atoms with Gasteiger partial charge in [-0.1, -0.05) is 12.1 Å². The average Bonchev–Trinajstić information content (AvgIpc) is 2.53. The molecular formula is C13H15NO2S. The molecule has 0 fully saturated rings. The zero-order chi connectivity index (χ0) is 12.6. The van der Waals surface area contributed by atoms with Crippen LogP contribution < -0.4 is 5.73 Å². The Balaban J connectivity index is 2.41. The van der Waals surface area contributed by atoms with E-state index in [9.17, 15) is 4.79 Å². The van der Waals surface area contributed by atoms with Gasteiger partial charge in [0.25, 0.3) is 0 Å². The minimum atomic E-state index is -0.865. The van der Waals surface area contributed by atoms with Gasteiger partial charge in [-0.15, -0.1) is 11.3 Å². The van der Waals surface area contributed by atoms with Gasteiger partial charge in [-0.3, -0.25) is 4.79 Å². The Labute approximate surface area is 104 Å². The number of nitrogens with two attached hydrogens (primary N) is 1. The number of carboxylic acids is 1. The minimum Gasteiger partial charge on any atom is -0.481 e. The Hall–Kier alpha value is -1.39. The molecular weight excluding hydrogens is 234 g/mol. The summed E-state index contributed by atoms with van der Waals surface area (Å²) in [5.74, 6) is -0.865. The molecule has 17 heavy (non-hydrogen) atoms. The minimum absolute atomic E-state index is 0.0329. The van der Waals surface area contributed by atoms with Gasteiger partial charge in [-0.2, -0.15) is 0 Å². The van der Waals surface area contributed by atoms with Crippen molar-refractivity contribution in [1.29, 1.82) is 0 Å². The van der Waals surface area contributed by atoms with E-state index in [4.69, 9.17) is 10.8 Å². The Morgan fingerprint density at radius 2 is 2.18 bits per heavy atom. The zero-order valence-electron chi connectivity index (χ0n) is 9.86. The van der Waals surface area contributed by atoms with E-state index in [-0.39, 0.29) is 6.42 Å². The molecule has 2 aromatic rings. The highest BCUT2D eigenvalue weighted by Crippen LogP contribution is 2.32. The molecule has 0 aliphatic carbocycles. The molecule has 3 nitrogen and oxygen atoms in total. The number of fused-ring (bicyclic) bond motifs is 1. The van der Waals surface area contributed by atoms with Crippen molar-refractivity contribution < 1.29 is 9.90 Å². The van der Waals surface area contributed by atoms with Crippen LogP contribution in [-0.4, -0.2) is 11.1 Å². The zero-order valence-corrected chi connectivity index (χ0v) is 10.7. The first-order valence-corrected chi connectivity index (χ1v) is 6.27. The lowest BCUT2D eigenvalue weighted by Gasteiger charge is -2.09. The molecule has 0 aliphatic rings. The van der Waals surface area contributed by atoms with Gasteiger partial charge < -0.3 is 10.8 Å². The van der Waals surface area contributed by atoms with Gasteiger partial charge in [-0.25, -0.2) is 0 Å². The molecule has 1 unspecified atom stereocenters. The maximum Gasteiger partial charge on any atom is 0.305 e. The van der Waals surface area contributed by atoms with E-state index in [0.717, 1.165) is 5.56 Å². The molecule has 0 bridgehead atoms. The predicted molar refractivity (Wildman–Crippen MR) is 70.5 cm³/mol. The highest BCUT2D eigenvalue weighted by molar-refractivity contribution is 7.19. The molecule has 3 N–H and O–H groups in total. The molecule has 2 rings (SSSR count). The highest BCUT2D eigenvalue weighted by Gasteiger charge is 2.12. The standard InChI is InChI=1S/C13H15NO2S/c1-7-8(2)17-12-5-9(3-4-10(7)12)11(14)6-13(15)16/h3-5,11H,6,14H2,1-2H3,(H,15,16). The second-order valence-electron chi connectivity index (χ2n) is 4.24. The number of hydrogen-bond acceptors (Lipinski definition) is 3. The van der Waals surface area contributed by atoms with Crippen molar-refractivity contribution in [3.05, 3.63) is 34.2 Å². The normalized spacial score (nSPS) is 12.9. The van der Waals surface area contributed by atoms with Crippen LogP contribution >= 0.6 is 11.3 Å². The Morgan fingerprint density at radius 3 is 2.82 bits per heavy atom. The summed E-state index contributed by atoms with van der Waals surface area (Å²) in [6, 6.07) is 5.54. The molecule has 0 aliphatic heterocycles. The smallest absolute Gasteiger partial charge is 0.305 e. The first-order chi connectivity index (χ1) is 7.99. The highest BCUT2D eigenvalue weighted by atomic mass is 32.1.